The summed E-state index contributed by atoms with van der Waals surface area (Å²) in [4.78, 5) is 20.5. The standard InChI is InChI=1S/C21H24F3N3O2S/c1-29-18-6-3-16(4-7-18)14-26-9-2-10-27(12-11-26)20(28)15-30-19-8-5-17(13-25-19)21(22,23)24/h3-8,13H,2,9-12,14-15H2,1H3. The molecule has 2 aromatic rings. The minimum Gasteiger partial charge on any atom is -0.497 e. The van der Waals surface area contributed by atoms with Crippen LogP contribution in [-0.2, 0) is 17.5 Å². The average molecular weight is 440 g/mol. The van der Waals surface area contributed by atoms with Crippen LogP contribution in [-0.4, -0.2) is 59.7 Å². The Bertz CT molecular complexity index is 829. The van der Waals surface area contributed by atoms with Gasteiger partial charge in [0.25, 0.3) is 0 Å². The number of pyridine rings is 1. The van der Waals surface area contributed by atoms with Gasteiger partial charge in [-0.1, -0.05) is 23.9 Å². The van der Waals surface area contributed by atoms with Gasteiger partial charge in [-0.3, -0.25) is 9.69 Å². The second-order valence-corrected chi connectivity index (χ2v) is 8.03. The van der Waals surface area contributed by atoms with E-state index in [2.05, 4.69) is 9.88 Å². The maximum Gasteiger partial charge on any atom is 0.417 e. The van der Waals surface area contributed by atoms with Gasteiger partial charge < -0.3 is 9.64 Å². The van der Waals surface area contributed by atoms with Crippen molar-refractivity contribution in [1.29, 1.82) is 0 Å². The number of methoxy groups -OCH3 is 1. The number of alkyl halides is 3. The minimum atomic E-state index is -4.41. The summed E-state index contributed by atoms with van der Waals surface area (Å²) >= 11 is 1.16. The predicted molar refractivity (Wildman–Crippen MR) is 109 cm³/mol. The van der Waals surface area contributed by atoms with Crippen LogP contribution in [0.15, 0.2) is 47.6 Å². The van der Waals surface area contributed by atoms with E-state index in [1.54, 1.807) is 7.11 Å². The number of hydrogen-bond acceptors (Lipinski definition) is 5. The maximum absolute atomic E-state index is 12.6. The van der Waals surface area contributed by atoms with E-state index in [4.69, 9.17) is 4.74 Å². The number of ether oxygens (including phenoxy) is 1. The third kappa shape index (κ3) is 6.37. The minimum absolute atomic E-state index is 0.0204. The smallest absolute Gasteiger partial charge is 0.417 e. The van der Waals surface area contributed by atoms with Gasteiger partial charge in [-0.15, -0.1) is 0 Å². The molecule has 0 atom stereocenters. The van der Waals surface area contributed by atoms with Gasteiger partial charge in [-0.05, 0) is 36.2 Å². The molecule has 0 bridgehead atoms. The summed E-state index contributed by atoms with van der Waals surface area (Å²) in [5.74, 6) is 0.969. The van der Waals surface area contributed by atoms with Gasteiger partial charge in [0.2, 0.25) is 5.91 Å². The van der Waals surface area contributed by atoms with Crippen LogP contribution < -0.4 is 4.74 Å². The molecular weight excluding hydrogens is 415 g/mol. The van der Waals surface area contributed by atoms with Crippen molar-refractivity contribution in [2.24, 2.45) is 0 Å². The summed E-state index contributed by atoms with van der Waals surface area (Å²) in [7, 11) is 1.64. The number of aromatic nitrogens is 1. The molecule has 1 saturated heterocycles. The van der Waals surface area contributed by atoms with Crippen LogP contribution in [0.5, 0.6) is 5.75 Å². The van der Waals surface area contributed by atoms with Crippen LogP contribution >= 0.6 is 11.8 Å². The van der Waals surface area contributed by atoms with E-state index < -0.39 is 11.7 Å². The number of halogens is 3. The number of amides is 1. The van der Waals surface area contributed by atoms with E-state index in [0.29, 0.717) is 18.1 Å². The lowest BCUT2D eigenvalue weighted by atomic mass is 10.2. The highest BCUT2D eigenvalue weighted by molar-refractivity contribution is 7.99. The predicted octanol–water partition coefficient (Wildman–Crippen LogP) is 3.94. The molecule has 0 unspecified atom stereocenters. The molecule has 1 aliphatic heterocycles. The van der Waals surface area contributed by atoms with Gasteiger partial charge in [-0.2, -0.15) is 13.2 Å². The quantitative estimate of drug-likeness (QED) is 0.638. The molecule has 1 aromatic heterocycles. The SMILES string of the molecule is COc1ccc(CN2CCCN(C(=O)CSc3ccc(C(F)(F)F)cn3)CC2)cc1. The van der Waals surface area contributed by atoms with Gasteiger partial charge >= 0.3 is 6.18 Å². The van der Waals surface area contributed by atoms with Crippen molar-refractivity contribution in [1.82, 2.24) is 14.8 Å². The number of benzene rings is 1. The van der Waals surface area contributed by atoms with Crippen molar-refractivity contribution >= 4 is 17.7 Å². The molecule has 0 aliphatic carbocycles. The van der Waals surface area contributed by atoms with E-state index >= 15 is 0 Å². The van der Waals surface area contributed by atoms with Crippen LogP contribution in [0.2, 0.25) is 0 Å². The zero-order valence-electron chi connectivity index (χ0n) is 16.7. The molecule has 9 heteroatoms. The first-order valence-corrected chi connectivity index (χ1v) is 10.6. The van der Waals surface area contributed by atoms with Crippen LogP contribution in [0.4, 0.5) is 13.2 Å². The number of carbonyl (C=O) groups is 1. The number of carbonyl (C=O) groups excluding carboxylic acids is 1. The molecule has 162 valence electrons. The first kappa shape index (κ1) is 22.4. The summed E-state index contributed by atoms with van der Waals surface area (Å²) in [5.41, 5.74) is 0.405. The summed E-state index contributed by atoms with van der Waals surface area (Å²) in [5, 5.41) is 0.410. The monoisotopic (exact) mass is 439 g/mol. The van der Waals surface area contributed by atoms with E-state index in [1.807, 2.05) is 29.2 Å². The van der Waals surface area contributed by atoms with Crippen molar-refractivity contribution in [3.05, 3.63) is 53.7 Å². The third-order valence-corrected chi connectivity index (χ3v) is 5.84. The Morgan fingerprint density at radius 2 is 1.87 bits per heavy atom. The fourth-order valence-corrected chi connectivity index (χ4v) is 3.97. The fourth-order valence-electron chi connectivity index (χ4n) is 3.23. The Balaban J connectivity index is 1.46. The number of hydrogen-bond donors (Lipinski definition) is 0. The van der Waals surface area contributed by atoms with Gasteiger partial charge in [0.15, 0.2) is 0 Å². The lowest BCUT2D eigenvalue weighted by Gasteiger charge is -2.22. The van der Waals surface area contributed by atoms with Crippen LogP contribution in [0.1, 0.15) is 17.5 Å². The molecule has 0 N–H and O–H groups in total. The highest BCUT2D eigenvalue weighted by Crippen LogP contribution is 2.29. The first-order valence-electron chi connectivity index (χ1n) is 9.64. The van der Waals surface area contributed by atoms with E-state index in [9.17, 15) is 18.0 Å². The highest BCUT2D eigenvalue weighted by atomic mass is 32.2. The zero-order valence-corrected chi connectivity index (χ0v) is 17.5. The second-order valence-electron chi connectivity index (χ2n) is 7.03. The van der Waals surface area contributed by atoms with Gasteiger partial charge in [0.1, 0.15) is 5.75 Å². The lowest BCUT2D eigenvalue weighted by molar-refractivity contribution is -0.138. The molecule has 0 saturated carbocycles. The fraction of sp³-hybridized carbons (Fsp3) is 0.429. The summed E-state index contributed by atoms with van der Waals surface area (Å²) in [6.45, 7) is 3.82. The van der Waals surface area contributed by atoms with E-state index in [-0.39, 0.29) is 11.7 Å². The molecule has 1 aliphatic rings. The topological polar surface area (TPSA) is 45.7 Å². The molecule has 2 heterocycles. The van der Waals surface area contributed by atoms with Gasteiger partial charge in [-0.25, -0.2) is 4.98 Å². The molecule has 5 nitrogen and oxygen atoms in total. The Hall–Kier alpha value is -2.26. The van der Waals surface area contributed by atoms with Crippen molar-refractivity contribution in [3.8, 4) is 5.75 Å². The molecule has 30 heavy (non-hydrogen) atoms. The van der Waals surface area contributed by atoms with Crippen molar-refractivity contribution < 1.29 is 22.7 Å². The average Bonchev–Trinajstić information content (AvgIpc) is 2.98. The Kier molecular flexibility index (Phi) is 7.60. The number of rotatable bonds is 6. The van der Waals surface area contributed by atoms with Gasteiger partial charge in [0, 0.05) is 38.9 Å². The molecule has 3 rings (SSSR count). The molecule has 1 fully saturated rings. The van der Waals surface area contributed by atoms with Crippen molar-refractivity contribution in [2.45, 2.75) is 24.2 Å². The third-order valence-electron chi connectivity index (χ3n) is 4.91. The lowest BCUT2D eigenvalue weighted by Crippen LogP contribution is -2.36. The number of thioether (sulfide) groups is 1. The van der Waals surface area contributed by atoms with Gasteiger partial charge in [0.05, 0.1) is 23.5 Å². The van der Waals surface area contributed by atoms with Crippen molar-refractivity contribution in [2.75, 3.05) is 39.0 Å². The summed E-state index contributed by atoms with van der Waals surface area (Å²) in [6.07, 6.45) is -2.73. The first-order chi connectivity index (χ1) is 14.3. The maximum atomic E-state index is 12.6. The second kappa shape index (κ2) is 10.2. The highest BCUT2D eigenvalue weighted by Gasteiger charge is 2.30. The molecule has 0 radical (unpaired) electrons. The molecule has 1 amide bonds. The summed E-state index contributed by atoms with van der Waals surface area (Å²) < 4.78 is 43.0. The summed E-state index contributed by atoms with van der Waals surface area (Å²) in [6, 6.07) is 10.3. The largest absolute Gasteiger partial charge is 0.497 e. The van der Waals surface area contributed by atoms with E-state index in [0.717, 1.165) is 55.8 Å². The van der Waals surface area contributed by atoms with Crippen molar-refractivity contribution in [3.63, 3.8) is 0 Å². The molecule has 1 aromatic carbocycles. The van der Waals surface area contributed by atoms with Crippen LogP contribution in [0, 0.1) is 0 Å². The van der Waals surface area contributed by atoms with E-state index in [1.165, 1.54) is 11.6 Å². The molecule has 0 spiro atoms. The number of nitrogens with zero attached hydrogens (tertiary/aromatic N) is 3. The zero-order chi connectivity index (χ0) is 21.6. The van der Waals surface area contributed by atoms with Crippen LogP contribution in [0.25, 0.3) is 0 Å². The Labute approximate surface area is 178 Å². The van der Waals surface area contributed by atoms with Crippen LogP contribution in [0.3, 0.4) is 0 Å². The normalized spacial score (nSPS) is 15.7. The molecular formula is C21H24F3N3O2S. The Morgan fingerprint density at radius 1 is 1.10 bits per heavy atom. The Morgan fingerprint density at radius 3 is 2.50 bits per heavy atom.